The monoisotopic (exact) mass is 460 g/mol. The number of methoxy groups -OCH3 is 2. The van der Waals surface area contributed by atoms with Crippen LogP contribution in [-0.4, -0.2) is 43.5 Å². The van der Waals surface area contributed by atoms with Crippen LogP contribution in [0.1, 0.15) is 23.6 Å². The Kier molecular flexibility index (Phi) is 9.09. The van der Waals surface area contributed by atoms with Gasteiger partial charge in [0, 0.05) is 26.4 Å². The molecule has 0 fully saturated rings. The second kappa shape index (κ2) is 12.4. The van der Waals surface area contributed by atoms with Crippen LogP contribution in [0.25, 0.3) is 0 Å². The van der Waals surface area contributed by atoms with Crippen LogP contribution < -0.4 is 14.8 Å². The Balaban J connectivity index is 1.74. The predicted molar refractivity (Wildman–Crippen MR) is 133 cm³/mol. The molecule has 0 aliphatic heterocycles. The molecule has 0 spiro atoms. The molecule has 0 saturated carbocycles. The van der Waals surface area contributed by atoms with Crippen molar-refractivity contribution in [1.82, 2.24) is 10.2 Å². The SMILES string of the molecule is COc1ccc(CCNC(=O)C(Cc2ccccc2)N(Cc2ccc(OC)cc2)C(C)=O)cc1. The van der Waals surface area contributed by atoms with Crippen molar-refractivity contribution in [2.45, 2.75) is 32.4 Å². The molecule has 0 bridgehead atoms. The van der Waals surface area contributed by atoms with Gasteiger partial charge in [0.25, 0.3) is 0 Å². The molecule has 1 atom stereocenters. The molecule has 0 aromatic heterocycles. The highest BCUT2D eigenvalue weighted by Gasteiger charge is 2.28. The lowest BCUT2D eigenvalue weighted by molar-refractivity contribution is -0.139. The van der Waals surface area contributed by atoms with Gasteiger partial charge in [-0.25, -0.2) is 0 Å². The molecule has 3 aromatic rings. The molecule has 0 saturated heterocycles. The van der Waals surface area contributed by atoms with Crippen LogP contribution in [-0.2, 0) is 29.0 Å². The summed E-state index contributed by atoms with van der Waals surface area (Å²) in [6.45, 7) is 2.32. The molecular formula is C28H32N2O4. The standard InChI is InChI=1S/C28H32N2O4/c1-21(31)30(20-24-11-15-26(34-3)16-12-24)27(19-23-7-5-4-6-8-23)28(32)29-18-17-22-9-13-25(33-2)14-10-22/h4-16,27H,17-20H2,1-3H3,(H,29,32). The zero-order valence-corrected chi connectivity index (χ0v) is 20.0. The van der Waals surface area contributed by atoms with Crippen molar-refractivity contribution < 1.29 is 19.1 Å². The second-order valence-corrected chi connectivity index (χ2v) is 8.09. The van der Waals surface area contributed by atoms with E-state index in [0.29, 0.717) is 25.9 Å². The summed E-state index contributed by atoms with van der Waals surface area (Å²) in [6.07, 6.45) is 1.12. The Bertz CT molecular complexity index is 1050. The Hall–Kier alpha value is -3.80. The van der Waals surface area contributed by atoms with Gasteiger partial charge in [0.15, 0.2) is 0 Å². The highest BCUT2D eigenvalue weighted by molar-refractivity contribution is 5.87. The van der Waals surface area contributed by atoms with Crippen molar-refractivity contribution in [2.24, 2.45) is 0 Å². The number of nitrogens with zero attached hydrogens (tertiary/aromatic N) is 1. The predicted octanol–water partition coefficient (Wildman–Crippen LogP) is 4.02. The number of carbonyl (C=O) groups excluding carboxylic acids is 2. The topological polar surface area (TPSA) is 67.9 Å². The maximum absolute atomic E-state index is 13.3. The van der Waals surface area contributed by atoms with Crippen LogP contribution in [0.5, 0.6) is 11.5 Å². The van der Waals surface area contributed by atoms with E-state index >= 15 is 0 Å². The van der Waals surface area contributed by atoms with E-state index in [9.17, 15) is 9.59 Å². The molecule has 3 rings (SSSR count). The van der Waals surface area contributed by atoms with E-state index in [4.69, 9.17) is 9.47 Å². The fraction of sp³-hybridized carbons (Fsp3) is 0.286. The highest BCUT2D eigenvalue weighted by atomic mass is 16.5. The van der Waals surface area contributed by atoms with Crippen molar-refractivity contribution in [2.75, 3.05) is 20.8 Å². The van der Waals surface area contributed by atoms with Gasteiger partial charge in [0.2, 0.25) is 11.8 Å². The van der Waals surface area contributed by atoms with Gasteiger partial charge in [0.05, 0.1) is 14.2 Å². The Labute approximate surface area is 201 Å². The smallest absolute Gasteiger partial charge is 0.243 e. The van der Waals surface area contributed by atoms with Crippen LogP contribution in [0.2, 0.25) is 0 Å². The second-order valence-electron chi connectivity index (χ2n) is 8.09. The summed E-state index contributed by atoms with van der Waals surface area (Å²) >= 11 is 0. The average molecular weight is 461 g/mol. The molecule has 6 heteroatoms. The summed E-state index contributed by atoms with van der Waals surface area (Å²) in [4.78, 5) is 27.6. The normalized spacial score (nSPS) is 11.4. The molecule has 0 aliphatic rings. The molecule has 0 radical (unpaired) electrons. The minimum atomic E-state index is -0.627. The van der Waals surface area contributed by atoms with Crippen molar-refractivity contribution in [3.05, 3.63) is 95.6 Å². The first-order valence-corrected chi connectivity index (χ1v) is 11.3. The molecule has 34 heavy (non-hydrogen) atoms. The molecular weight excluding hydrogens is 428 g/mol. The Morgan fingerprint density at radius 1 is 0.794 bits per heavy atom. The van der Waals surface area contributed by atoms with E-state index in [1.807, 2.05) is 78.9 Å². The summed E-state index contributed by atoms with van der Waals surface area (Å²) in [6, 6.07) is 24.5. The number of amides is 2. The highest BCUT2D eigenvalue weighted by Crippen LogP contribution is 2.17. The van der Waals surface area contributed by atoms with Crippen molar-refractivity contribution >= 4 is 11.8 Å². The maximum Gasteiger partial charge on any atom is 0.243 e. The van der Waals surface area contributed by atoms with Gasteiger partial charge in [0.1, 0.15) is 17.5 Å². The number of benzene rings is 3. The number of nitrogens with one attached hydrogen (secondary N) is 1. The van der Waals surface area contributed by atoms with Gasteiger partial charge in [-0.2, -0.15) is 0 Å². The molecule has 2 amide bonds. The number of hydrogen-bond donors (Lipinski definition) is 1. The quantitative estimate of drug-likeness (QED) is 0.469. The molecule has 1 unspecified atom stereocenters. The molecule has 0 aliphatic carbocycles. The van der Waals surface area contributed by atoms with Gasteiger partial charge < -0.3 is 19.7 Å². The van der Waals surface area contributed by atoms with E-state index in [0.717, 1.165) is 28.2 Å². The fourth-order valence-corrected chi connectivity index (χ4v) is 3.79. The van der Waals surface area contributed by atoms with Crippen molar-refractivity contribution in [1.29, 1.82) is 0 Å². The first-order valence-electron chi connectivity index (χ1n) is 11.3. The number of ether oxygens (including phenoxy) is 2. The van der Waals surface area contributed by atoms with Gasteiger partial charge in [-0.3, -0.25) is 9.59 Å². The van der Waals surface area contributed by atoms with E-state index < -0.39 is 6.04 Å². The van der Waals surface area contributed by atoms with E-state index in [-0.39, 0.29) is 11.8 Å². The molecule has 1 N–H and O–H groups in total. The summed E-state index contributed by atoms with van der Waals surface area (Å²) in [5.74, 6) is 1.23. The summed E-state index contributed by atoms with van der Waals surface area (Å²) in [5.41, 5.74) is 3.03. The number of hydrogen-bond acceptors (Lipinski definition) is 4. The third-order valence-corrected chi connectivity index (χ3v) is 5.74. The molecule has 6 nitrogen and oxygen atoms in total. The zero-order chi connectivity index (χ0) is 24.3. The van der Waals surface area contributed by atoms with E-state index in [1.165, 1.54) is 6.92 Å². The van der Waals surface area contributed by atoms with Gasteiger partial charge in [-0.05, 0) is 47.4 Å². The Morgan fingerprint density at radius 3 is 1.88 bits per heavy atom. The third-order valence-electron chi connectivity index (χ3n) is 5.74. The lowest BCUT2D eigenvalue weighted by Gasteiger charge is -2.30. The van der Waals surface area contributed by atoms with Crippen LogP contribution >= 0.6 is 0 Å². The van der Waals surface area contributed by atoms with Crippen molar-refractivity contribution in [3.63, 3.8) is 0 Å². The first kappa shape index (κ1) is 24.8. The summed E-state index contributed by atoms with van der Waals surface area (Å²) in [7, 11) is 3.25. The zero-order valence-electron chi connectivity index (χ0n) is 20.0. The lowest BCUT2D eigenvalue weighted by atomic mass is 10.0. The molecule has 3 aromatic carbocycles. The van der Waals surface area contributed by atoms with Gasteiger partial charge in [-0.1, -0.05) is 54.6 Å². The third kappa shape index (κ3) is 7.10. The Morgan fingerprint density at radius 2 is 1.35 bits per heavy atom. The van der Waals surface area contributed by atoms with Crippen LogP contribution in [0, 0.1) is 0 Å². The van der Waals surface area contributed by atoms with Crippen LogP contribution in [0.3, 0.4) is 0 Å². The van der Waals surface area contributed by atoms with Crippen LogP contribution in [0.4, 0.5) is 0 Å². The molecule has 0 heterocycles. The number of carbonyl (C=O) groups is 2. The minimum absolute atomic E-state index is 0.151. The first-order chi connectivity index (χ1) is 16.5. The average Bonchev–Trinajstić information content (AvgIpc) is 2.87. The number of rotatable bonds is 11. The van der Waals surface area contributed by atoms with E-state index in [1.54, 1.807) is 19.1 Å². The minimum Gasteiger partial charge on any atom is -0.497 e. The van der Waals surface area contributed by atoms with Crippen LogP contribution in [0.15, 0.2) is 78.9 Å². The van der Waals surface area contributed by atoms with E-state index in [2.05, 4.69) is 5.32 Å². The summed E-state index contributed by atoms with van der Waals surface area (Å²) < 4.78 is 10.4. The summed E-state index contributed by atoms with van der Waals surface area (Å²) in [5, 5.41) is 3.04. The maximum atomic E-state index is 13.3. The van der Waals surface area contributed by atoms with Gasteiger partial charge in [-0.15, -0.1) is 0 Å². The largest absolute Gasteiger partial charge is 0.497 e. The van der Waals surface area contributed by atoms with Crippen molar-refractivity contribution in [3.8, 4) is 11.5 Å². The molecule has 178 valence electrons. The lowest BCUT2D eigenvalue weighted by Crippen LogP contribution is -2.50. The van der Waals surface area contributed by atoms with Gasteiger partial charge >= 0.3 is 0 Å². The fourth-order valence-electron chi connectivity index (χ4n) is 3.79.